The van der Waals surface area contributed by atoms with Gasteiger partial charge in [-0.3, -0.25) is 4.79 Å². The number of aryl methyl sites for hydroxylation is 1. The van der Waals surface area contributed by atoms with Gasteiger partial charge in [0.05, 0.1) is 5.69 Å². The van der Waals surface area contributed by atoms with Gasteiger partial charge in [0.15, 0.2) is 5.82 Å². The summed E-state index contributed by atoms with van der Waals surface area (Å²) in [6.45, 7) is 4.77. The third-order valence-electron chi connectivity index (χ3n) is 4.45. The topological polar surface area (TPSA) is 81.9 Å². The van der Waals surface area contributed by atoms with E-state index in [0.717, 1.165) is 48.4 Å². The lowest BCUT2D eigenvalue weighted by Crippen LogP contribution is -2.23. The van der Waals surface area contributed by atoms with Crippen molar-refractivity contribution in [2.45, 2.75) is 39.5 Å². The summed E-state index contributed by atoms with van der Waals surface area (Å²) in [6, 6.07) is 9.87. The Kier molecular flexibility index (Phi) is 4.94. The van der Waals surface area contributed by atoms with Crippen LogP contribution in [0.25, 0.3) is 0 Å². The number of hydrogen-bond acceptors (Lipinski definition) is 5. The molecule has 0 bridgehead atoms. The summed E-state index contributed by atoms with van der Waals surface area (Å²) in [5.41, 5.74) is 3.99. The highest BCUT2D eigenvalue weighted by Gasteiger charge is 2.22. The van der Waals surface area contributed by atoms with Crippen molar-refractivity contribution >= 4 is 23.1 Å². The maximum absolute atomic E-state index is 11.9. The predicted octanol–water partition coefficient (Wildman–Crippen LogP) is 3.34. The molecule has 6 heteroatoms. The zero-order valence-corrected chi connectivity index (χ0v) is 14.5. The van der Waals surface area contributed by atoms with Gasteiger partial charge in [-0.2, -0.15) is 10.4 Å². The first kappa shape index (κ1) is 16.9. The molecule has 1 aliphatic heterocycles. The van der Waals surface area contributed by atoms with Gasteiger partial charge in [0.1, 0.15) is 11.6 Å². The van der Waals surface area contributed by atoms with E-state index >= 15 is 0 Å². The minimum Gasteiger partial charge on any atom is -0.338 e. The standard InChI is InChI=1S/C19H21N5O/c1-3-15-16(12-20)19(23-22-17(15)4-2)21-13-7-5-8-14(11-13)24-10-6-9-18(24)25/h5,7-8,11H,3-4,6,9-10H2,1-2H3,(H,21,23). The number of anilines is 3. The zero-order chi connectivity index (χ0) is 17.8. The van der Waals surface area contributed by atoms with Crippen molar-refractivity contribution < 1.29 is 4.79 Å². The fourth-order valence-electron chi connectivity index (χ4n) is 3.19. The second-order valence-electron chi connectivity index (χ2n) is 5.99. The minimum absolute atomic E-state index is 0.148. The van der Waals surface area contributed by atoms with Crippen LogP contribution in [0.3, 0.4) is 0 Å². The molecule has 1 aliphatic rings. The molecule has 128 valence electrons. The van der Waals surface area contributed by atoms with E-state index in [1.165, 1.54) is 0 Å². The quantitative estimate of drug-likeness (QED) is 0.906. The van der Waals surface area contributed by atoms with E-state index in [9.17, 15) is 10.1 Å². The molecule has 1 amide bonds. The summed E-state index contributed by atoms with van der Waals surface area (Å²) < 4.78 is 0. The van der Waals surface area contributed by atoms with Gasteiger partial charge in [0, 0.05) is 24.3 Å². The molecule has 0 unspecified atom stereocenters. The van der Waals surface area contributed by atoms with E-state index in [2.05, 4.69) is 21.6 Å². The van der Waals surface area contributed by atoms with Gasteiger partial charge in [-0.05, 0) is 43.0 Å². The number of rotatable bonds is 5. The van der Waals surface area contributed by atoms with Crippen LogP contribution in [0.4, 0.5) is 17.2 Å². The number of carbonyl (C=O) groups is 1. The van der Waals surface area contributed by atoms with Crippen molar-refractivity contribution in [3.63, 3.8) is 0 Å². The third kappa shape index (κ3) is 3.31. The lowest BCUT2D eigenvalue weighted by atomic mass is 10.0. The first-order chi connectivity index (χ1) is 12.2. The monoisotopic (exact) mass is 335 g/mol. The van der Waals surface area contributed by atoms with Crippen LogP contribution in [0.1, 0.15) is 43.5 Å². The van der Waals surface area contributed by atoms with Crippen molar-refractivity contribution in [1.82, 2.24) is 10.2 Å². The molecular weight excluding hydrogens is 314 g/mol. The van der Waals surface area contributed by atoms with Crippen LogP contribution in [0.15, 0.2) is 24.3 Å². The molecule has 3 rings (SSSR count). The lowest BCUT2D eigenvalue weighted by molar-refractivity contribution is -0.117. The fourth-order valence-corrected chi connectivity index (χ4v) is 3.19. The van der Waals surface area contributed by atoms with Gasteiger partial charge in [-0.25, -0.2) is 0 Å². The number of amides is 1. The average molecular weight is 335 g/mol. The molecule has 1 saturated heterocycles. The molecule has 1 fully saturated rings. The first-order valence-electron chi connectivity index (χ1n) is 8.63. The number of aromatic nitrogens is 2. The SMILES string of the molecule is CCc1nnc(Nc2cccc(N3CCCC3=O)c2)c(C#N)c1CC. The molecule has 0 radical (unpaired) electrons. The molecule has 2 heterocycles. The smallest absolute Gasteiger partial charge is 0.227 e. The molecule has 0 aliphatic carbocycles. The van der Waals surface area contributed by atoms with Crippen molar-refractivity contribution in [2.75, 3.05) is 16.8 Å². The lowest BCUT2D eigenvalue weighted by Gasteiger charge is -2.17. The number of nitrogens with one attached hydrogen (secondary N) is 1. The Bertz CT molecular complexity index is 840. The van der Waals surface area contributed by atoms with E-state index in [-0.39, 0.29) is 5.91 Å². The average Bonchev–Trinajstić information content (AvgIpc) is 3.07. The highest BCUT2D eigenvalue weighted by atomic mass is 16.2. The predicted molar refractivity (Wildman–Crippen MR) is 96.8 cm³/mol. The number of carbonyl (C=O) groups excluding carboxylic acids is 1. The van der Waals surface area contributed by atoms with Gasteiger partial charge in [-0.15, -0.1) is 5.10 Å². The molecular formula is C19H21N5O. The van der Waals surface area contributed by atoms with Gasteiger partial charge in [0.25, 0.3) is 0 Å². The summed E-state index contributed by atoms with van der Waals surface area (Å²) in [7, 11) is 0. The van der Waals surface area contributed by atoms with Crippen molar-refractivity contribution in [1.29, 1.82) is 5.26 Å². The van der Waals surface area contributed by atoms with Gasteiger partial charge < -0.3 is 10.2 Å². The van der Waals surface area contributed by atoms with Crippen LogP contribution in [-0.2, 0) is 17.6 Å². The molecule has 0 atom stereocenters. The summed E-state index contributed by atoms with van der Waals surface area (Å²) in [5, 5.41) is 21.2. The highest BCUT2D eigenvalue weighted by molar-refractivity contribution is 5.95. The molecule has 0 saturated carbocycles. The Morgan fingerprint density at radius 3 is 2.76 bits per heavy atom. The van der Waals surface area contributed by atoms with Crippen molar-refractivity contribution in [3.8, 4) is 6.07 Å². The number of nitrogens with zero attached hydrogens (tertiary/aromatic N) is 4. The summed E-state index contributed by atoms with van der Waals surface area (Å²) in [4.78, 5) is 13.7. The van der Waals surface area contributed by atoms with Crippen LogP contribution in [0.5, 0.6) is 0 Å². The summed E-state index contributed by atoms with van der Waals surface area (Å²) in [5.74, 6) is 0.608. The molecule has 1 N–H and O–H groups in total. The Morgan fingerprint density at radius 1 is 1.28 bits per heavy atom. The Labute approximate surface area is 147 Å². The largest absolute Gasteiger partial charge is 0.338 e. The Balaban J connectivity index is 1.93. The second kappa shape index (κ2) is 7.31. The minimum atomic E-state index is 0.148. The maximum atomic E-state index is 11.9. The molecule has 0 spiro atoms. The zero-order valence-electron chi connectivity index (χ0n) is 14.5. The normalized spacial score (nSPS) is 13.8. The van der Waals surface area contributed by atoms with Crippen LogP contribution in [0.2, 0.25) is 0 Å². The molecule has 2 aromatic rings. The number of benzene rings is 1. The molecule has 6 nitrogen and oxygen atoms in total. The van der Waals surface area contributed by atoms with Gasteiger partial charge >= 0.3 is 0 Å². The maximum Gasteiger partial charge on any atom is 0.227 e. The van der Waals surface area contributed by atoms with Crippen molar-refractivity contribution in [2.24, 2.45) is 0 Å². The number of hydrogen-bond donors (Lipinski definition) is 1. The van der Waals surface area contributed by atoms with E-state index in [0.29, 0.717) is 17.8 Å². The van der Waals surface area contributed by atoms with Crippen LogP contribution >= 0.6 is 0 Å². The highest BCUT2D eigenvalue weighted by Crippen LogP contribution is 2.27. The second-order valence-corrected chi connectivity index (χ2v) is 5.99. The van der Waals surface area contributed by atoms with Crippen molar-refractivity contribution in [3.05, 3.63) is 41.1 Å². The summed E-state index contributed by atoms with van der Waals surface area (Å²) in [6.07, 6.45) is 2.97. The van der Waals surface area contributed by atoms with E-state index in [1.807, 2.05) is 38.1 Å². The van der Waals surface area contributed by atoms with E-state index in [1.54, 1.807) is 4.90 Å². The van der Waals surface area contributed by atoms with E-state index in [4.69, 9.17) is 0 Å². The van der Waals surface area contributed by atoms with Gasteiger partial charge in [0.2, 0.25) is 5.91 Å². The van der Waals surface area contributed by atoms with Crippen LogP contribution in [-0.4, -0.2) is 22.6 Å². The molecule has 25 heavy (non-hydrogen) atoms. The van der Waals surface area contributed by atoms with E-state index < -0.39 is 0 Å². The van der Waals surface area contributed by atoms with Gasteiger partial charge in [-0.1, -0.05) is 19.9 Å². The van der Waals surface area contributed by atoms with Crippen LogP contribution < -0.4 is 10.2 Å². The third-order valence-corrected chi connectivity index (χ3v) is 4.45. The molecule has 1 aromatic heterocycles. The summed E-state index contributed by atoms with van der Waals surface area (Å²) >= 11 is 0. The van der Waals surface area contributed by atoms with Crippen LogP contribution in [0, 0.1) is 11.3 Å². The number of nitriles is 1. The fraction of sp³-hybridized carbons (Fsp3) is 0.368. The Morgan fingerprint density at radius 2 is 2.12 bits per heavy atom. The molecule has 1 aromatic carbocycles. The first-order valence-corrected chi connectivity index (χ1v) is 8.63. The Hall–Kier alpha value is -2.94.